The third-order valence-electron chi connectivity index (χ3n) is 7.62. The predicted molar refractivity (Wildman–Crippen MR) is 158 cm³/mol. The van der Waals surface area contributed by atoms with E-state index in [0.29, 0.717) is 23.4 Å². The van der Waals surface area contributed by atoms with Crippen LogP contribution >= 0.6 is 0 Å². The molecule has 1 aromatic carbocycles. The van der Waals surface area contributed by atoms with Crippen molar-refractivity contribution in [1.29, 1.82) is 0 Å². The minimum Gasteiger partial charge on any atom is -0.489 e. The van der Waals surface area contributed by atoms with E-state index in [1.165, 1.54) is 0 Å². The number of carbonyl (C=O) groups is 1. The second-order valence-corrected chi connectivity index (χ2v) is 11.3. The molecule has 2 unspecified atom stereocenters. The Morgan fingerprint density at radius 1 is 1.22 bits per heavy atom. The van der Waals surface area contributed by atoms with Crippen molar-refractivity contribution in [3.63, 3.8) is 0 Å². The summed E-state index contributed by atoms with van der Waals surface area (Å²) in [5.41, 5.74) is 4.04. The van der Waals surface area contributed by atoms with Crippen molar-refractivity contribution in [1.82, 2.24) is 19.5 Å². The number of aliphatic hydroxyl groups is 1. The summed E-state index contributed by atoms with van der Waals surface area (Å²) in [6.07, 6.45) is 12.0. The van der Waals surface area contributed by atoms with Gasteiger partial charge in [0.05, 0.1) is 42.1 Å². The third-order valence-corrected chi connectivity index (χ3v) is 7.62. The number of hydrogen-bond donors (Lipinski definition) is 1. The Morgan fingerprint density at radius 3 is 2.71 bits per heavy atom. The van der Waals surface area contributed by atoms with Gasteiger partial charge in [-0.25, -0.2) is 9.50 Å². The van der Waals surface area contributed by atoms with E-state index >= 15 is 0 Å². The van der Waals surface area contributed by atoms with Gasteiger partial charge in [-0.3, -0.25) is 9.79 Å². The van der Waals surface area contributed by atoms with Crippen molar-refractivity contribution in [2.45, 2.75) is 44.5 Å². The largest absolute Gasteiger partial charge is 0.489 e. The Bertz CT molecular complexity index is 1650. The summed E-state index contributed by atoms with van der Waals surface area (Å²) in [5, 5.41) is 14.6. The molecule has 1 N–H and O–H groups in total. The average molecular weight is 549 g/mol. The second kappa shape index (κ2) is 10.4. The van der Waals surface area contributed by atoms with Crippen molar-refractivity contribution >= 4 is 24.0 Å². The van der Waals surface area contributed by atoms with Crippen LogP contribution in [0.2, 0.25) is 0 Å². The first-order chi connectivity index (χ1) is 19.7. The Hall–Kier alpha value is -4.68. The molecule has 3 fully saturated rings. The highest BCUT2D eigenvalue weighted by atomic mass is 16.5. The van der Waals surface area contributed by atoms with Gasteiger partial charge in [0, 0.05) is 47.1 Å². The lowest BCUT2D eigenvalue weighted by atomic mass is 9.86. The Balaban J connectivity index is 1.23. The van der Waals surface area contributed by atoms with E-state index in [0.717, 1.165) is 47.5 Å². The first-order valence-corrected chi connectivity index (χ1v) is 13.6. The van der Waals surface area contributed by atoms with Gasteiger partial charge in [0.25, 0.3) is 5.91 Å². The van der Waals surface area contributed by atoms with Gasteiger partial charge in [-0.05, 0) is 63.4 Å². The summed E-state index contributed by atoms with van der Waals surface area (Å²) in [6, 6.07) is 13.6. The Kier molecular flexibility index (Phi) is 6.72. The molecule has 6 heterocycles. The normalized spacial score (nSPS) is 18.1. The molecule has 208 valence electrons. The number of anilines is 1. The molecule has 9 nitrogen and oxygen atoms in total. The molecule has 3 aromatic heterocycles. The van der Waals surface area contributed by atoms with Gasteiger partial charge < -0.3 is 19.6 Å². The van der Waals surface area contributed by atoms with Crippen LogP contribution in [0.25, 0.3) is 16.6 Å². The number of ether oxygens (including phenoxy) is 1. The van der Waals surface area contributed by atoms with E-state index in [1.807, 2.05) is 47.5 Å². The zero-order valence-electron chi connectivity index (χ0n) is 23.2. The number of carbonyl (C=O) groups excluding carboxylic acids is 1. The zero-order valence-corrected chi connectivity index (χ0v) is 23.2. The van der Waals surface area contributed by atoms with Crippen LogP contribution < -0.4 is 9.64 Å². The predicted octanol–water partition coefficient (Wildman–Crippen LogP) is 3.83. The standard InChI is InChI=1S/C32H32N6O3/c1-5-21-7-6-8-22(11-21)31(39)38-25-12-26(38)18-36(17-25)29-10-9-23(15-34-29)28-13-27(41-20-32(2,3)40)19-37-30(28)24(14-33-4)16-35-37/h1,6-11,13,15-16,19,25-26,40H,4,12,14,17-18,20H2,2-3H3. The monoisotopic (exact) mass is 548 g/mol. The Labute approximate surface area is 239 Å². The van der Waals surface area contributed by atoms with Gasteiger partial charge in [-0.15, -0.1) is 6.42 Å². The molecular weight excluding hydrogens is 516 g/mol. The topological polar surface area (TPSA) is 95.6 Å². The molecule has 2 bridgehead atoms. The minimum absolute atomic E-state index is 0.0348. The number of piperidine rings is 1. The van der Waals surface area contributed by atoms with E-state index in [4.69, 9.17) is 16.1 Å². The van der Waals surface area contributed by atoms with Crippen LogP contribution in [0.3, 0.4) is 0 Å². The number of aromatic nitrogens is 3. The van der Waals surface area contributed by atoms with E-state index in [9.17, 15) is 9.90 Å². The number of piperazine rings is 1. The molecule has 0 aliphatic carbocycles. The van der Waals surface area contributed by atoms with Crippen LogP contribution in [0, 0.1) is 12.3 Å². The molecule has 0 spiro atoms. The van der Waals surface area contributed by atoms with Crippen molar-refractivity contribution < 1.29 is 14.6 Å². The van der Waals surface area contributed by atoms with Crippen molar-refractivity contribution in [2.75, 3.05) is 24.6 Å². The number of hydrogen-bond acceptors (Lipinski definition) is 7. The summed E-state index contributed by atoms with van der Waals surface area (Å²) in [6.45, 7) is 9.08. The molecule has 0 radical (unpaired) electrons. The molecule has 0 saturated carbocycles. The number of amides is 1. The van der Waals surface area contributed by atoms with E-state index in [2.05, 4.69) is 27.6 Å². The molecule has 4 aromatic rings. The smallest absolute Gasteiger partial charge is 0.254 e. The lowest BCUT2D eigenvalue weighted by Crippen LogP contribution is -2.70. The molecule has 3 aliphatic heterocycles. The highest BCUT2D eigenvalue weighted by Crippen LogP contribution is 2.37. The van der Waals surface area contributed by atoms with Crippen LogP contribution in [0.5, 0.6) is 5.75 Å². The third kappa shape index (κ3) is 5.14. The lowest BCUT2D eigenvalue weighted by Gasteiger charge is -2.56. The molecule has 3 aliphatic rings. The maximum atomic E-state index is 13.2. The first kappa shape index (κ1) is 26.5. The molecular formula is C32H32N6O3. The van der Waals surface area contributed by atoms with Crippen LogP contribution in [0.15, 0.2) is 66.0 Å². The first-order valence-electron chi connectivity index (χ1n) is 13.6. The maximum absolute atomic E-state index is 13.2. The van der Waals surface area contributed by atoms with Gasteiger partial charge in [0.2, 0.25) is 0 Å². The van der Waals surface area contributed by atoms with Gasteiger partial charge in [-0.2, -0.15) is 5.10 Å². The molecule has 3 saturated heterocycles. The minimum atomic E-state index is -0.971. The summed E-state index contributed by atoms with van der Waals surface area (Å²) < 4.78 is 7.67. The summed E-state index contributed by atoms with van der Waals surface area (Å²) >= 11 is 0. The fraction of sp³-hybridized carbons (Fsp3) is 0.312. The highest BCUT2D eigenvalue weighted by Gasteiger charge is 2.47. The van der Waals surface area contributed by atoms with Crippen molar-refractivity contribution in [2.24, 2.45) is 4.99 Å². The summed E-state index contributed by atoms with van der Waals surface area (Å²) in [4.78, 5) is 26.3. The van der Waals surface area contributed by atoms with Crippen LogP contribution in [0.4, 0.5) is 5.82 Å². The van der Waals surface area contributed by atoms with E-state index < -0.39 is 5.60 Å². The molecule has 41 heavy (non-hydrogen) atoms. The van der Waals surface area contributed by atoms with Gasteiger partial charge >= 0.3 is 0 Å². The van der Waals surface area contributed by atoms with Gasteiger partial charge in [0.1, 0.15) is 18.2 Å². The number of pyridine rings is 2. The van der Waals surface area contributed by atoms with Crippen molar-refractivity contribution in [3.05, 3.63) is 77.7 Å². The Morgan fingerprint density at radius 2 is 2.02 bits per heavy atom. The van der Waals surface area contributed by atoms with Gasteiger partial charge in [-0.1, -0.05) is 12.0 Å². The van der Waals surface area contributed by atoms with Gasteiger partial charge in [0.15, 0.2) is 0 Å². The second-order valence-electron chi connectivity index (χ2n) is 11.3. The number of terminal acetylenes is 1. The lowest BCUT2D eigenvalue weighted by molar-refractivity contribution is 0.00575. The fourth-order valence-electron chi connectivity index (χ4n) is 5.71. The number of benzene rings is 1. The van der Waals surface area contributed by atoms with Crippen LogP contribution in [0.1, 0.15) is 41.8 Å². The quantitative estimate of drug-likeness (QED) is 0.266. The highest BCUT2D eigenvalue weighted by molar-refractivity contribution is 5.96. The number of rotatable bonds is 8. The molecule has 1 amide bonds. The summed E-state index contributed by atoms with van der Waals surface area (Å²) in [7, 11) is 0. The van der Waals surface area contributed by atoms with Crippen LogP contribution in [-0.2, 0) is 6.54 Å². The molecule has 9 heteroatoms. The fourth-order valence-corrected chi connectivity index (χ4v) is 5.71. The van der Waals surface area contributed by atoms with E-state index in [1.54, 1.807) is 36.8 Å². The maximum Gasteiger partial charge on any atom is 0.254 e. The van der Waals surface area contributed by atoms with E-state index in [-0.39, 0.29) is 24.6 Å². The van der Waals surface area contributed by atoms with Crippen molar-refractivity contribution in [3.8, 4) is 29.2 Å². The number of aliphatic imine (C=N–C) groups is 1. The molecule has 7 rings (SSSR count). The zero-order chi connectivity index (χ0) is 28.7. The number of fused-ring (bicyclic) bond motifs is 3. The molecule has 2 atom stereocenters. The van der Waals surface area contributed by atoms with Crippen LogP contribution in [-0.4, -0.2) is 74.6 Å². The SMILES string of the molecule is C#Cc1cccc(C(=O)N2C3CC2CN(c2ccc(-c4cc(OCC(C)(C)O)cn5ncc(CN=C)c45)cn2)C3)c1. The number of nitrogens with zero attached hydrogens (tertiary/aromatic N) is 6. The average Bonchev–Trinajstić information content (AvgIpc) is 3.38. The summed E-state index contributed by atoms with van der Waals surface area (Å²) in [5.74, 6) is 4.11.